The average Bonchev–Trinajstić information content (AvgIpc) is 2.31. The zero-order valence-electron chi connectivity index (χ0n) is 5.04. The Morgan fingerprint density at radius 3 is 3.00 bits per heavy atom. The minimum absolute atomic E-state index is 0.122. The molecule has 0 aliphatic heterocycles. The van der Waals surface area contributed by atoms with E-state index in [2.05, 4.69) is 15.2 Å². The maximum absolute atomic E-state index is 8.41. The number of rotatable bonds is 3. The number of nitrogens with one attached hydrogen (secondary N) is 1. The van der Waals surface area contributed by atoms with Crippen LogP contribution in [-0.2, 0) is 0 Å². The van der Waals surface area contributed by atoms with Crippen molar-refractivity contribution in [2.45, 2.75) is 5.16 Å². The maximum Gasteiger partial charge on any atom is 0.219 e. The van der Waals surface area contributed by atoms with Gasteiger partial charge in [-0.3, -0.25) is 0 Å². The summed E-state index contributed by atoms with van der Waals surface area (Å²) in [5.41, 5.74) is 0. The van der Waals surface area contributed by atoms with E-state index >= 15 is 0 Å². The highest BCUT2D eigenvalue weighted by molar-refractivity contribution is 7.99. The molecular formula is C4H6ClN3OS. The molecular weight excluding hydrogens is 174 g/mol. The molecule has 1 aromatic heterocycles. The van der Waals surface area contributed by atoms with Crippen molar-refractivity contribution in [2.75, 3.05) is 12.4 Å². The molecule has 4 nitrogen and oxygen atoms in total. The summed E-state index contributed by atoms with van der Waals surface area (Å²) in [5, 5.41) is 15.5. The van der Waals surface area contributed by atoms with E-state index in [1.54, 1.807) is 0 Å². The number of aromatic amines is 1. The molecule has 1 heterocycles. The fraction of sp³-hybridized carbons (Fsp3) is 0.500. The molecule has 0 atom stereocenters. The van der Waals surface area contributed by atoms with Gasteiger partial charge in [-0.05, 0) is 11.6 Å². The number of H-pyrrole nitrogens is 1. The van der Waals surface area contributed by atoms with Gasteiger partial charge in [-0.25, -0.2) is 5.10 Å². The minimum Gasteiger partial charge on any atom is -0.396 e. The number of nitrogens with zero attached hydrogens (tertiary/aromatic N) is 2. The molecule has 0 saturated heterocycles. The van der Waals surface area contributed by atoms with Gasteiger partial charge in [-0.2, -0.15) is 4.98 Å². The Morgan fingerprint density at radius 1 is 1.70 bits per heavy atom. The first-order valence-corrected chi connectivity index (χ1v) is 4.01. The molecule has 0 aliphatic carbocycles. The molecule has 0 saturated carbocycles. The first kappa shape index (κ1) is 7.84. The molecule has 0 amide bonds. The highest BCUT2D eigenvalue weighted by Gasteiger charge is 1.98. The lowest BCUT2D eigenvalue weighted by Crippen LogP contribution is -1.86. The van der Waals surface area contributed by atoms with Crippen molar-refractivity contribution in [1.29, 1.82) is 0 Å². The van der Waals surface area contributed by atoms with Gasteiger partial charge >= 0.3 is 0 Å². The summed E-state index contributed by atoms with van der Waals surface area (Å²) in [7, 11) is 0. The fourth-order valence-electron chi connectivity index (χ4n) is 0.429. The van der Waals surface area contributed by atoms with Crippen LogP contribution in [0.1, 0.15) is 0 Å². The number of aliphatic hydroxyl groups excluding tert-OH is 1. The largest absolute Gasteiger partial charge is 0.396 e. The van der Waals surface area contributed by atoms with Gasteiger partial charge in [-0.1, -0.05) is 11.8 Å². The Labute approximate surface area is 67.0 Å². The van der Waals surface area contributed by atoms with E-state index in [1.165, 1.54) is 11.8 Å². The van der Waals surface area contributed by atoms with Crippen LogP contribution in [-0.4, -0.2) is 32.6 Å². The number of aliphatic hydroxyl groups is 1. The third kappa shape index (κ3) is 2.17. The summed E-state index contributed by atoms with van der Waals surface area (Å²) in [6.45, 7) is 0.122. The lowest BCUT2D eigenvalue weighted by molar-refractivity contribution is 0.322. The van der Waals surface area contributed by atoms with Gasteiger partial charge in [0, 0.05) is 5.75 Å². The van der Waals surface area contributed by atoms with Crippen molar-refractivity contribution < 1.29 is 5.11 Å². The predicted octanol–water partition coefficient (Wildman–Crippen LogP) is 0.542. The Kier molecular flexibility index (Phi) is 2.98. The van der Waals surface area contributed by atoms with Gasteiger partial charge in [0.1, 0.15) is 0 Å². The topological polar surface area (TPSA) is 61.8 Å². The molecule has 1 rings (SSSR count). The monoisotopic (exact) mass is 179 g/mol. The molecule has 0 aliphatic rings. The number of halogens is 1. The van der Waals surface area contributed by atoms with Gasteiger partial charge in [0.25, 0.3) is 0 Å². The van der Waals surface area contributed by atoms with E-state index < -0.39 is 0 Å². The molecule has 56 valence electrons. The van der Waals surface area contributed by atoms with Crippen molar-refractivity contribution in [3.8, 4) is 0 Å². The minimum atomic E-state index is 0.122. The Bertz CT molecular complexity index is 204. The summed E-state index contributed by atoms with van der Waals surface area (Å²) in [6.07, 6.45) is 0. The van der Waals surface area contributed by atoms with Gasteiger partial charge in [0.15, 0.2) is 0 Å². The summed E-state index contributed by atoms with van der Waals surface area (Å²) in [5.74, 6) is 0.591. The van der Waals surface area contributed by atoms with Gasteiger partial charge < -0.3 is 5.11 Å². The molecule has 2 N–H and O–H groups in total. The van der Waals surface area contributed by atoms with Gasteiger partial charge in [0.2, 0.25) is 10.4 Å². The summed E-state index contributed by atoms with van der Waals surface area (Å²) >= 11 is 6.79. The molecule has 0 radical (unpaired) electrons. The Hall–Kier alpha value is -0.260. The molecule has 0 unspecified atom stereocenters. The van der Waals surface area contributed by atoms with Crippen LogP contribution in [0.25, 0.3) is 0 Å². The second-order valence-electron chi connectivity index (χ2n) is 1.48. The smallest absolute Gasteiger partial charge is 0.219 e. The second kappa shape index (κ2) is 3.80. The zero-order valence-corrected chi connectivity index (χ0v) is 6.61. The van der Waals surface area contributed by atoms with Gasteiger partial charge in [-0.15, -0.1) is 5.10 Å². The van der Waals surface area contributed by atoms with E-state index in [0.717, 1.165) is 0 Å². The first-order chi connectivity index (χ1) is 4.83. The number of hydrogen-bond donors (Lipinski definition) is 2. The third-order valence-corrected chi connectivity index (χ3v) is 1.76. The quantitative estimate of drug-likeness (QED) is 0.665. The lowest BCUT2D eigenvalue weighted by Gasteiger charge is -1.87. The van der Waals surface area contributed by atoms with Crippen LogP contribution in [0.15, 0.2) is 5.16 Å². The Morgan fingerprint density at radius 2 is 2.50 bits per heavy atom. The Balaban J connectivity index is 2.42. The van der Waals surface area contributed by atoms with Crippen LogP contribution in [0, 0.1) is 0 Å². The van der Waals surface area contributed by atoms with Crippen molar-refractivity contribution in [2.24, 2.45) is 0 Å². The molecule has 0 fully saturated rings. The highest BCUT2D eigenvalue weighted by Crippen LogP contribution is 2.12. The van der Waals surface area contributed by atoms with Crippen LogP contribution in [0.5, 0.6) is 0 Å². The van der Waals surface area contributed by atoms with Crippen molar-refractivity contribution in [1.82, 2.24) is 15.2 Å². The van der Waals surface area contributed by atoms with Crippen LogP contribution in [0.2, 0.25) is 5.28 Å². The summed E-state index contributed by atoms with van der Waals surface area (Å²) < 4.78 is 0. The zero-order chi connectivity index (χ0) is 7.40. The molecule has 0 aromatic carbocycles. The van der Waals surface area contributed by atoms with E-state index in [0.29, 0.717) is 10.9 Å². The molecule has 0 bridgehead atoms. The SMILES string of the molecule is OCCSc1n[nH]c(Cl)n1. The lowest BCUT2D eigenvalue weighted by atomic mass is 10.9. The number of aromatic nitrogens is 3. The molecule has 10 heavy (non-hydrogen) atoms. The molecule has 0 spiro atoms. The summed E-state index contributed by atoms with van der Waals surface area (Å²) in [4.78, 5) is 3.80. The van der Waals surface area contributed by atoms with E-state index in [4.69, 9.17) is 16.7 Å². The predicted molar refractivity (Wildman–Crippen MR) is 39.2 cm³/mol. The van der Waals surface area contributed by atoms with E-state index in [-0.39, 0.29) is 11.9 Å². The summed E-state index contributed by atoms with van der Waals surface area (Å²) in [6, 6.07) is 0. The fourth-order valence-corrected chi connectivity index (χ4v) is 1.14. The standard InChI is InChI=1S/C4H6ClN3OS/c5-3-6-4(8-7-3)10-2-1-9/h9H,1-2H2,(H,6,7,8). The molecule has 6 heteroatoms. The number of thioether (sulfide) groups is 1. The average molecular weight is 180 g/mol. The van der Waals surface area contributed by atoms with Crippen LogP contribution >= 0.6 is 23.4 Å². The van der Waals surface area contributed by atoms with Gasteiger partial charge in [0.05, 0.1) is 6.61 Å². The van der Waals surface area contributed by atoms with Crippen LogP contribution < -0.4 is 0 Å². The second-order valence-corrected chi connectivity index (χ2v) is 2.90. The number of hydrogen-bond acceptors (Lipinski definition) is 4. The highest BCUT2D eigenvalue weighted by atomic mass is 35.5. The van der Waals surface area contributed by atoms with E-state index in [1.807, 2.05) is 0 Å². The van der Waals surface area contributed by atoms with E-state index in [9.17, 15) is 0 Å². The van der Waals surface area contributed by atoms with Crippen molar-refractivity contribution >= 4 is 23.4 Å². The third-order valence-electron chi connectivity index (χ3n) is 0.760. The first-order valence-electron chi connectivity index (χ1n) is 2.64. The van der Waals surface area contributed by atoms with Crippen molar-refractivity contribution in [3.05, 3.63) is 5.28 Å². The normalized spacial score (nSPS) is 10.2. The maximum atomic E-state index is 8.41. The van der Waals surface area contributed by atoms with Crippen LogP contribution in [0.3, 0.4) is 0 Å². The van der Waals surface area contributed by atoms with Crippen LogP contribution in [0.4, 0.5) is 0 Å². The van der Waals surface area contributed by atoms with Crippen molar-refractivity contribution in [3.63, 3.8) is 0 Å². The molecule has 1 aromatic rings.